The maximum absolute atomic E-state index is 13.0. The van der Waals surface area contributed by atoms with Gasteiger partial charge in [0.2, 0.25) is 0 Å². The normalized spacial score (nSPS) is 27.0. The molecule has 1 aromatic carbocycles. The molecule has 1 heterocycles. The van der Waals surface area contributed by atoms with Crippen molar-refractivity contribution in [3.05, 3.63) is 29.6 Å². The van der Waals surface area contributed by atoms with Gasteiger partial charge in [-0.25, -0.2) is 4.39 Å². The smallest absolute Gasteiger partial charge is 0.136 e. The first-order valence-corrected chi connectivity index (χ1v) is 6.20. The Morgan fingerprint density at radius 1 is 1.41 bits per heavy atom. The Morgan fingerprint density at radius 3 is 3.06 bits per heavy atom. The third kappa shape index (κ3) is 2.06. The van der Waals surface area contributed by atoms with Gasteiger partial charge in [-0.2, -0.15) is 0 Å². The average molecular weight is 234 g/mol. The molecule has 1 aliphatic carbocycles. The molecule has 2 atom stereocenters. The molecule has 0 bridgehead atoms. The van der Waals surface area contributed by atoms with Crippen molar-refractivity contribution in [1.82, 2.24) is 0 Å². The quantitative estimate of drug-likeness (QED) is 0.786. The minimum atomic E-state index is -0.218. The molecule has 1 saturated carbocycles. The summed E-state index contributed by atoms with van der Waals surface area (Å²) >= 11 is 0. The van der Waals surface area contributed by atoms with E-state index in [9.17, 15) is 9.18 Å². The van der Waals surface area contributed by atoms with Crippen LogP contribution in [-0.4, -0.2) is 11.9 Å². The summed E-state index contributed by atoms with van der Waals surface area (Å²) in [5.74, 6) is 1.10. The highest BCUT2D eigenvalue weighted by molar-refractivity contribution is 5.82. The molecule has 1 aromatic rings. The second-order valence-electron chi connectivity index (χ2n) is 4.99. The van der Waals surface area contributed by atoms with Crippen molar-refractivity contribution in [3.8, 4) is 5.75 Å². The van der Waals surface area contributed by atoms with Gasteiger partial charge in [-0.3, -0.25) is 4.79 Å². The molecule has 2 unspecified atom stereocenters. The molecule has 1 fully saturated rings. The number of halogens is 1. The van der Waals surface area contributed by atoms with Gasteiger partial charge < -0.3 is 4.74 Å². The van der Waals surface area contributed by atoms with E-state index < -0.39 is 0 Å². The molecule has 90 valence electrons. The Kier molecular flexibility index (Phi) is 2.61. The van der Waals surface area contributed by atoms with Crippen molar-refractivity contribution in [2.24, 2.45) is 5.92 Å². The number of Topliss-reactive ketones (excluding diaryl/α,β-unsaturated/α-hetero) is 1. The first kappa shape index (κ1) is 10.8. The minimum absolute atomic E-state index is 0.0545. The molecule has 3 rings (SSSR count). The zero-order valence-electron chi connectivity index (χ0n) is 9.62. The standard InChI is InChI=1S/C14H15FO2/c15-11-4-5-14-10(6-11)8-12(17-14)7-9-2-1-3-13(9)16/h4-6,9,12H,1-3,7-8H2. The van der Waals surface area contributed by atoms with Crippen molar-refractivity contribution in [2.45, 2.75) is 38.2 Å². The monoisotopic (exact) mass is 234 g/mol. The summed E-state index contributed by atoms with van der Waals surface area (Å²) < 4.78 is 18.8. The Labute approximate surface area is 99.8 Å². The van der Waals surface area contributed by atoms with Crippen LogP contribution in [0.15, 0.2) is 18.2 Å². The molecule has 0 N–H and O–H groups in total. The van der Waals surface area contributed by atoms with E-state index in [2.05, 4.69) is 0 Å². The molecule has 2 aliphatic rings. The van der Waals surface area contributed by atoms with Gasteiger partial charge in [-0.15, -0.1) is 0 Å². The maximum atomic E-state index is 13.0. The predicted octanol–water partition coefficient (Wildman–Crippen LogP) is 2.89. The zero-order valence-corrected chi connectivity index (χ0v) is 9.62. The number of rotatable bonds is 2. The fourth-order valence-corrected chi connectivity index (χ4v) is 2.87. The molecule has 0 spiro atoms. The van der Waals surface area contributed by atoms with Crippen LogP contribution in [0, 0.1) is 11.7 Å². The van der Waals surface area contributed by atoms with E-state index >= 15 is 0 Å². The van der Waals surface area contributed by atoms with Crippen molar-refractivity contribution in [1.29, 1.82) is 0 Å². The molecular weight excluding hydrogens is 219 g/mol. The van der Waals surface area contributed by atoms with Crippen molar-refractivity contribution >= 4 is 5.78 Å². The molecule has 0 aromatic heterocycles. The summed E-state index contributed by atoms with van der Waals surface area (Å²) in [5.41, 5.74) is 0.931. The maximum Gasteiger partial charge on any atom is 0.136 e. The molecule has 0 saturated heterocycles. The highest BCUT2D eigenvalue weighted by atomic mass is 19.1. The molecule has 0 radical (unpaired) electrons. The topological polar surface area (TPSA) is 26.3 Å². The summed E-state index contributed by atoms with van der Waals surface area (Å²) in [4.78, 5) is 11.6. The molecule has 3 heteroatoms. The highest BCUT2D eigenvalue weighted by Crippen LogP contribution is 2.34. The lowest BCUT2D eigenvalue weighted by molar-refractivity contribution is -0.121. The third-order valence-electron chi connectivity index (χ3n) is 3.74. The second-order valence-corrected chi connectivity index (χ2v) is 4.99. The molecule has 0 amide bonds. The Bertz CT molecular complexity index is 456. The Balaban J connectivity index is 1.68. The van der Waals surface area contributed by atoms with Gasteiger partial charge in [0.1, 0.15) is 23.5 Å². The van der Waals surface area contributed by atoms with E-state index in [1.807, 2.05) is 0 Å². The number of fused-ring (bicyclic) bond motifs is 1. The van der Waals surface area contributed by atoms with Gasteiger partial charge in [-0.05, 0) is 37.5 Å². The minimum Gasteiger partial charge on any atom is -0.490 e. The number of ether oxygens (including phenoxy) is 1. The summed E-state index contributed by atoms with van der Waals surface area (Å²) in [6.07, 6.45) is 4.30. The van der Waals surface area contributed by atoms with Crippen LogP contribution in [0.2, 0.25) is 0 Å². The lowest BCUT2D eigenvalue weighted by atomic mass is 9.96. The van der Waals surface area contributed by atoms with Crippen molar-refractivity contribution in [3.63, 3.8) is 0 Å². The summed E-state index contributed by atoms with van der Waals surface area (Å²) in [6.45, 7) is 0. The van der Waals surface area contributed by atoms with Crippen LogP contribution < -0.4 is 4.74 Å². The number of carbonyl (C=O) groups excluding carboxylic acids is 1. The Morgan fingerprint density at radius 2 is 2.29 bits per heavy atom. The van der Waals surface area contributed by atoms with Crippen molar-refractivity contribution in [2.75, 3.05) is 0 Å². The van der Waals surface area contributed by atoms with Gasteiger partial charge in [0.05, 0.1) is 0 Å². The second kappa shape index (κ2) is 4.13. The first-order chi connectivity index (χ1) is 8.22. The van der Waals surface area contributed by atoms with E-state index in [1.54, 1.807) is 6.07 Å². The zero-order chi connectivity index (χ0) is 11.8. The lowest BCUT2D eigenvalue weighted by Crippen LogP contribution is -2.20. The van der Waals surface area contributed by atoms with E-state index in [0.29, 0.717) is 5.78 Å². The average Bonchev–Trinajstić information content (AvgIpc) is 2.85. The molecule has 2 nitrogen and oxygen atoms in total. The largest absolute Gasteiger partial charge is 0.490 e. The van der Waals surface area contributed by atoms with E-state index in [0.717, 1.165) is 43.4 Å². The third-order valence-corrected chi connectivity index (χ3v) is 3.74. The fourth-order valence-electron chi connectivity index (χ4n) is 2.87. The van der Waals surface area contributed by atoms with Crippen LogP contribution in [0.25, 0.3) is 0 Å². The van der Waals surface area contributed by atoms with Gasteiger partial charge in [-0.1, -0.05) is 0 Å². The number of benzene rings is 1. The number of hydrogen-bond donors (Lipinski definition) is 0. The lowest BCUT2D eigenvalue weighted by Gasteiger charge is -2.14. The van der Waals surface area contributed by atoms with Gasteiger partial charge in [0.25, 0.3) is 0 Å². The molecule has 1 aliphatic heterocycles. The Hall–Kier alpha value is -1.38. The van der Waals surface area contributed by atoms with Crippen LogP contribution in [0.5, 0.6) is 5.75 Å². The van der Waals surface area contributed by atoms with E-state index in [4.69, 9.17) is 4.74 Å². The predicted molar refractivity (Wildman–Crippen MR) is 61.5 cm³/mol. The highest BCUT2D eigenvalue weighted by Gasteiger charge is 2.31. The fraction of sp³-hybridized carbons (Fsp3) is 0.500. The van der Waals surface area contributed by atoms with E-state index in [-0.39, 0.29) is 17.8 Å². The SMILES string of the molecule is O=C1CCCC1CC1Cc2cc(F)ccc2O1. The molecular formula is C14H15FO2. The summed E-state index contributed by atoms with van der Waals surface area (Å²) in [5, 5.41) is 0. The van der Waals surface area contributed by atoms with Crippen molar-refractivity contribution < 1.29 is 13.9 Å². The number of carbonyl (C=O) groups is 1. The van der Waals surface area contributed by atoms with Crippen LogP contribution in [0.4, 0.5) is 4.39 Å². The van der Waals surface area contributed by atoms with Crippen LogP contribution >= 0.6 is 0 Å². The number of hydrogen-bond acceptors (Lipinski definition) is 2. The van der Waals surface area contributed by atoms with Crippen LogP contribution in [0.1, 0.15) is 31.2 Å². The van der Waals surface area contributed by atoms with Crippen LogP contribution in [-0.2, 0) is 11.2 Å². The molecule has 17 heavy (non-hydrogen) atoms. The number of ketones is 1. The van der Waals surface area contributed by atoms with Crippen LogP contribution in [0.3, 0.4) is 0 Å². The summed E-state index contributed by atoms with van der Waals surface area (Å²) in [6, 6.07) is 4.63. The van der Waals surface area contributed by atoms with Gasteiger partial charge >= 0.3 is 0 Å². The van der Waals surface area contributed by atoms with Gasteiger partial charge in [0, 0.05) is 24.3 Å². The summed E-state index contributed by atoms with van der Waals surface area (Å²) in [7, 11) is 0. The first-order valence-electron chi connectivity index (χ1n) is 6.20. The van der Waals surface area contributed by atoms with E-state index in [1.165, 1.54) is 12.1 Å². The van der Waals surface area contributed by atoms with Gasteiger partial charge in [0.15, 0.2) is 0 Å².